The van der Waals surface area contributed by atoms with E-state index in [0.717, 1.165) is 36.2 Å². The number of primary amides is 1. The van der Waals surface area contributed by atoms with Gasteiger partial charge in [-0.3, -0.25) is 9.69 Å². The molecule has 1 fully saturated rings. The molecular weight excluding hydrogens is 318 g/mol. The molecule has 1 aromatic rings. The van der Waals surface area contributed by atoms with Crippen LogP contribution in [0.4, 0.5) is 0 Å². The quantitative estimate of drug-likeness (QED) is 0.882. The lowest BCUT2D eigenvalue weighted by atomic mass is 10.0. The summed E-state index contributed by atoms with van der Waals surface area (Å²) in [6, 6.07) is 4.99. The van der Waals surface area contributed by atoms with Gasteiger partial charge < -0.3 is 11.1 Å². The second kappa shape index (κ2) is 6.02. The van der Waals surface area contributed by atoms with Crippen molar-refractivity contribution in [3.05, 3.63) is 33.3 Å². The normalized spacial score (nSPS) is 18.6. The molecule has 0 aliphatic carbocycles. The van der Waals surface area contributed by atoms with Gasteiger partial charge in [-0.15, -0.1) is 0 Å². The maximum absolute atomic E-state index is 11.8. The van der Waals surface area contributed by atoms with E-state index in [-0.39, 0.29) is 5.91 Å². The molecule has 0 radical (unpaired) electrons. The zero-order chi connectivity index (χ0) is 13.1. The third-order valence-electron chi connectivity index (χ3n) is 3.04. The fraction of sp³-hybridized carbons (Fsp3) is 0.417. The van der Waals surface area contributed by atoms with Crippen LogP contribution in [0, 0.1) is 0 Å². The minimum absolute atomic E-state index is 0.347. The van der Waals surface area contributed by atoms with Gasteiger partial charge in [0.25, 0.3) is 0 Å². The van der Waals surface area contributed by atoms with Gasteiger partial charge >= 0.3 is 0 Å². The highest BCUT2D eigenvalue weighted by atomic mass is 79.9. The van der Waals surface area contributed by atoms with Crippen molar-refractivity contribution < 1.29 is 4.79 Å². The average molecular weight is 333 g/mol. The van der Waals surface area contributed by atoms with E-state index in [1.54, 1.807) is 12.1 Å². The Balaban J connectivity index is 2.34. The molecule has 3 N–H and O–H groups in total. The number of nitrogens with two attached hydrogens (primary N) is 1. The van der Waals surface area contributed by atoms with Crippen molar-refractivity contribution in [2.24, 2.45) is 5.73 Å². The fourth-order valence-electron chi connectivity index (χ4n) is 2.19. The second-order valence-corrected chi connectivity index (χ2v) is 5.55. The molecule has 2 rings (SSSR count). The Morgan fingerprint density at radius 2 is 2.11 bits per heavy atom. The number of halogens is 2. The number of carbonyl (C=O) groups is 1. The van der Waals surface area contributed by atoms with Gasteiger partial charge in [0.2, 0.25) is 5.91 Å². The summed E-state index contributed by atoms with van der Waals surface area (Å²) in [5.74, 6) is -0.347. The predicted molar refractivity (Wildman–Crippen MR) is 75.5 cm³/mol. The Hall–Kier alpha value is -0.620. The number of benzene rings is 1. The molecule has 1 aliphatic heterocycles. The van der Waals surface area contributed by atoms with Crippen LogP contribution in [-0.2, 0) is 4.79 Å². The van der Waals surface area contributed by atoms with E-state index in [2.05, 4.69) is 26.1 Å². The lowest BCUT2D eigenvalue weighted by molar-refractivity contribution is -0.123. The number of carbonyl (C=O) groups excluding carboxylic acids is 1. The van der Waals surface area contributed by atoms with E-state index in [1.807, 2.05) is 6.07 Å². The average Bonchev–Trinajstić information content (AvgIpc) is 2.35. The molecule has 6 heteroatoms. The highest BCUT2D eigenvalue weighted by molar-refractivity contribution is 9.10. The maximum Gasteiger partial charge on any atom is 0.239 e. The SMILES string of the molecule is NC(=O)C(c1cc(Cl)ccc1Br)N1CCNCC1. The van der Waals surface area contributed by atoms with E-state index in [9.17, 15) is 4.79 Å². The zero-order valence-corrected chi connectivity index (χ0v) is 12.2. The van der Waals surface area contributed by atoms with E-state index < -0.39 is 6.04 Å². The summed E-state index contributed by atoms with van der Waals surface area (Å²) in [4.78, 5) is 13.8. The standard InChI is InChI=1S/C12H15BrClN3O/c13-10-2-1-8(14)7-9(10)11(12(15)18)17-5-3-16-4-6-17/h1-2,7,11,16H,3-6H2,(H2,15,18). The largest absolute Gasteiger partial charge is 0.368 e. The molecule has 1 unspecified atom stereocenters. The number of hydrogen-bond donors (Lipinski definition) is 2. The predicted octanol–water partition coefficient (Wildman–Crippen LogP) is 1.53. The van der Waals surface area contributed by atoms with E-state index in [0.29, 0.717) is 5.02 Å². The highest BCUT2D eigenvalue weighted by Crippen LogP contribution is 2.30. The Bertz CT molecular complexity index is 449. The van der Waals surface area contributed by atoms with Crippen LogP contribution in [0.15, 0.2) is 22.7 Å². The number of nitrogens with zero attached hydrogens (tertiary/aromatic N) is 1. The number of nitrogens with one attached hydrogen (secondary N) is 1. The molecule has 1 saturated heterocycles. The van der Waals surface area contributed by atoms with Gasteiger partial charge in [-0.25, -0.2) is 0 Å². The Morgan fingerprint density at radius 1 is 1.44 bits per heavy atom. The van der Waals surface area contributed by atoms with Gasteiger partial charge in [0.05, 0.1) is 0 Å². The minimum Gasteiger partial charge on any atom is -0.368 e. The summed E-state index contributed by atoms with van der Waals surface area (Å²) in [6.07, 6.45) is 0. The zero-order valence-electron chi connectivity index (χ0n) is 9.83. The van der Waals surface area contributed by atoms with Crippen molar-refractivity contribution in [1.82, 2.24) is 10.2 Å². The van der Waals surface area contributed by atoms with Crippen molar-refractivity contribution in [2.45, 2.75) is 6.04 Å². The first-order valence-corrected chi connectivity index (χ1v) is 6.95. The van der Waals surface area contributed by atoms with E-state index in [4.69, 9.17) is 17.3 Å². The maximum atomic E-state index is 11.8. The topological polar surface area (TPSA) is 58.4 Å². The summed E-state index contributed by atoms with van der Waals surface area (Å²) in [6.45, 7) is 3.32. The first kappa shape index (κ1) is 13.8. The smallest absolute Gasteiger partial charge is 0.239 e. The summed E-state index contributed by atoms with van der Waals surface area (Å²) < 4.78 is 0.856. The second-order valence-electron chi connectivity index (χ2n) is 4.26. The van der Waals surface area contributed by atoms with Crippen molar-refractivity contribution in [2.75, 3.05) is 26.2 Å². The molecule has 0 aromatic heterocycles. The number of hydrogen-bond acceptors (Lipinski definition) is 3. The highest BCUT2D eigenvalue weighted by Gasteiger charge is 2.28. The van der Waals surface area contributed by atoms with Gasteiger partial charge in [-0.1, -0.05) is 27.5 Å². The van der Waals surface area contributed by atoms with Crippen LogP contribution in [-0.4, -0.2) is 37.0 Å². The fourth-order valence-corrected chi connectivity index (χ4v) is 2.84. The third kappa shape index (κ3) is 3.03. The molecule has 1 aliphatic rings. The van der Waals surface area contributed by atoms with E-state index in [1.165, 1.54) is 0 Å². The molecule has 4 nitrogen and oxygen atoms in total. The molecule has 1 amide bonds. The molecule has 1 heterocycles. The molecule has 1 aromatic carbocycles. The van der Waals surface area contributed by atoms with Crippen LogP contribution in [0.25, 0.3) is 0 Å². The van der Waals surface area contributed by atoms with Crippen LogP contribution in [0.2, 0.25) is 5.02 Å². The Morgan fingerprint density at radius 3 is 2.72 bits per heavy atom. The third-order valence-corrected chi connectivity index (χ3v) is 4.00. The van der Waals surface area contributed by atoms with E-state index >= 15 is 0 Å². The first-order chi connectivity index (χ1) is 8.59. The molecule has 98 valence electrons. The lowest BCUT2D eigenvalue weighted by Crippen LogP contribution is -2.48. The molecule has 0 spiro atoms. The van der Waals surface area contributed by atoms with Gasteiger partial charge in [-0.05, 0) is 23.8 Å². The van der Waals surface area contributed by atoms with Crippen LogP contribution in [0.5, 0.6) is 0 Å². The first-order valence-electron chi connectivity index (χ1n) is 5.78. The monoisotopic (exact) mass is 331 g/mol. The minimum atomic E-state index is -0.430. The van der Waals surface area contributed by atoms with Crippen molar-refractivity contribution in [3.8, 4) is 0 Å². The van der Waals surface area contributed by atoms with Gasteiger partial charge in [0.15, 0.2) is 0 Å². The van der Waals surface area contributed by atoms with Crippen LogP contribution in [0.1, 0.15) is 11.6 Å². The number of piperazine rings is 1. The summed E-state index contributed by atoms with van der Waals surface area (Å²) in [5, 5.41) is 3.86. The number of rotatable bonds is 3. The van der Waals surface area contributed by atoms with Gasteiger partial charge in [-0.2, -0.15) is 0 Å². The lowest BCUT2D eigenvalue weighted by Gasteiger charge is -2.33. The number of amides is 1. The molecule has 0 bridgehead atoms. The molecule has 1 atom stereocenters. The van der Waals surface area contributed by atoms with Gasteiger partial charge in [0.1, 0.15) is 6.04 Å². The van der Waals surface area contributed by atoms with Crippen LogP contribution in [0.3, 0.4) is 0 Å². The van der Waals surface area contributed by atoms with Crippen LogP contribution < -0.4 is 11.1 Å². The molecular formula is C12H15BrClN3O. The van der Waals surface area contributed by atoms with Crippen LogP contribution >= 0.6 is 27.5 Å². The summed E-state index contributed by atoms with van der Waals surface area (Å²) in [7, 11) is 0. The summed E-state index contributed by atoms with van der Waals surface area (Å²) >= 11 is 9.46. The molecule has 18 heavy (non-hydrogen) atoms. The summed E-state index contributed by atoms with van der Waals surface area (Å²) in [5.41, 5.74) is 6.38. The Labute approximate surface area is 120 Å². The van der Waals surface area contributed by atoms with Crippen molar-refractivity contribution in [3.63, 3.8) is 0 Å². The Kier molecular flexibility index (Phi) is 4.61. The molecule has 0 saturated carbocycles. The van der Waals surface area contributed by atoms with Gasteiger partial charge in [0, 0.05) is 35.7 Å². The van der Waals surface area contributed by atoms with Crippen molar-refractivity contribution in [1.29, 1.82) is 0 Å². The van der Waals surface area contributed by atoms with Crippen molar-refractivity contribution >= 4 is 33.4 Å².